The van der Waals surface area contributed by atoms with Crippen molar-refractivity contribution in [2.75, 3.05) is 33.3 Å². The molecule has 1 saturated heterocycles. The minimum Gasteiger partial charge on any atom is -0.496 e. The Labute approximate surface area is 141 Å². The lowest BCUT2D eigenvalue weighted by Gasteiger charge is -2.39. The van der Waals surface area contributed by atoms with Crippen LogP contribution in [0, 0.1) is 0 Å². The van der Waals surface area contributed by atoms with Crippen LogP contribution in [0.25, 0.3) is 0 Å². The van der Waals surface area contributed by atoms with E-state index < -0.39 is 0 Å². The second-order valence-corrected chi connectivity index (χ2v) is 6.67. The number of benzene rings is 1. The van der Waals surface area contributed by atoms with E-state index in [-0.39, 0.29) is 18.1 Å². The van der Waals surface area contributed by atoms with Gasteiger partial charge < -0.3 is 14.7 Å². The summed E-state index contributed by atoms with van der Waals surface area (Å²) in [5.41, 5.74) is 0.509. The highest BCUT2D eigenvalue weighted by atomic mass is 35.5. The molecule has 6 heteroatoms. The average molecular weight is 339 g/mol. The van der Waals surface area contributed by atoms with Crippen molar-refractivity contribution in [2.24, 2.45) is 0 Å². The maximum atomic E-state index is 12.7. The summed E-state index contributed by atoms with van der Waals surface area (Å²) >= 11 is 6.02. The lowest BCUT2D eigenvalue weighted by molar-refractivity contribution is 0.0314. The number of hydrogen-bond donors (Lipinski definition) is 1. The van der Waals surface area contributed by atoms with Crippen molar-refractivity contribution in [3.8, 4) is 5.75 Å². The molecule has 126 valence electrons. The van der Waals surface area contributed by atoms with Crippen LogP contribution in [0.4, 0.5) is 0 Å². The molecule has 1 aromatic rings. The van der Waals surface area contributed by atoms with Crippen molar-refractivity contribution in [1.82, 2.24) is 9.80 Å². The summed E-state index contributed by atoms with van der Waals surface area (Å²) in [6, 6.07) is 5.36. The number of aliphatic hydroxyl groups is 1. The SMILES string of the molecule is COc1ccc(Cl)cc1C(=O)N1CCN([C@H]2CCC[C@@H]2O)CC1. The van der Waals surface area contributed by atoms with Crippen molar-refractivity contribution < 1.29 is 14.6 Å². The van der Waals surface area contributed by atoms with E-state index in [9.17, 15) is 9.90 Å². The van der Waals surface area contributed by atoms with Crippen LogP contribution in [-0.2, 0) is 0 Å². The highest BCUT2D eigenvalue weighted by Gasteiger charge is 2.33. The molecule has 2 atom stereocenters. The zero-order valence-electron chi connectivity index (χ0n) is 13.4. The normalized spacial score (nSPS) is 25.6. The zero-order chi connectivity index (χ0) is 16.4. The second-order valence-electron chi connectivity index (χ2n) is 6.24. The van der Waals surface area contributed by atoms with Crippen LogP contribution in [-0.4, -0.2) is 66.2 Å². The summed E-state index contributed by atoms with van der Waals surface area (Å²) in [6.45, 7) is 2.93. The first-order valence-corrected chi connectivity index (χ1v) is 8.53. The highest BCUT2D eigenvalue weighted by molar-refractivity contribution is 6.31. The Balaban J connectivity index is 1.65. The summed E-state index contributed by atoms with van der Waals surface area (Å²) < 4.78 is 5.28. The second kappa shape index (κ2) is 7.07. The summed E-state index contributed by atoms with van der Waals surface area (Å²) in [5.74, 6) is 0.504. The number of carbonyl (C=O) groups excluding carboxylic acids is 1. The van der Waals surface area contributed by atoms with Gasteiger partial charge in [0.05, 0.1) is 18.8 Å². The average Bonchev–Trinajstić information content (AvgIpc) is 3.00. The molecule has 1 amide bonds. The minimum atomic E-state index is -0.217. The monoisotopic (exact) mass is 338 g/mol. The molecule has 1 aromatic carbocycles. The molecule has 2 fully saturated rings. The van der Waals surface area contributed by atoms with Crippen molar-refractivity contribution >= 4 is 17.5 Å². The van der Waals surface area contributed by atoms with Crippen LogP contribution in [0.5, 0.6) is 5.75 Å². The molecule has 1 N–H and O–H groups in total. The maximum absolute atomic E-state index is 12.7. The number of nitrogens with zero attached hydrogens (tertiary/aromatic N) is 2. The largest absolute Gasteiger partial charge is 0.496 e. The lowest BCUT2D eigenvalue weighted by atomic mass is 10.1. The summed E-state index contributed by atoms with van der Waals surface area (Å²) in [4.78, 5) is 16.9. The molecule has 0 bridgehead atoms. The van der Waals surface area contributed by atoms with E-state index in [1.54, 1.807) is 25.3 Å². The molecular formula is C17H23ClN2O3. The smallest absolute Gasteiger partial charge is 0.257 e. The number of ether oxygens (including phenoxy) is 1. The summed E-state index contributed by atoms with van der Waals surface area (Å²) in [6.07, 6.45) is 2.82. The number of aliphatic hydroxyl groups excluding tert-OH is 1. The highest BCUT2D eigenvalue weighted by Crippen LogP contribution is 2.27. The van der Waals surface area contributed by atoms with Gasteiger partial charge in [0.25, 0.3) is 5.91 Å². The molecule has 0 spiro atoms. The Morgan fingerprint density at radius 2 is 2.00 bits per heavy atom. The van der Waals surface area contributed by atoms with Crippen molar-refractivity contribution in [2.45, 2.75) is 31.4 Å². The van der Waals surface area contributed by atoms with Gasteiger partial charge in [-0.05, 0) is 37.5 Å². The first-order valence-electron chi connectivity index (χ1n) is 8.15. The molecule has 0 radical (unpaired) electrons. The summed E-state index contributed by atoms with van der Waals surface area (Å²) in [5, 5.41) is 10.6. The third kappa shape index (κ3) is 3.47. The predicted molar refractivity (Wildman–Crippen MR) is 89.1 cm³/mol. The third-order valence-electron chi connectivity index (χ3n) is 4.91. The topological polar surface area (TPSA) is 53.0 Å². The van der Waals surface area contributed by atoms with Crippen LogP contribution in [0.1, 0.15) is 29.6 Å². The molecule has 5 nitrogen and oxygen atoms in total. The number of carbonyl (C=O) groups is 1. The van der Waals surface area contributed by atoms with E-state index in [1.807, 2.05) is 4.90 Å². The fourth-order valence-electron chi connectivity index (χ4n) is 3.62. The van der Waals surface area contributed by atoms with Crippen LogP contribution < -0.4 is 4.74 Å². The maximum Gasteiger partial charge on any atom is 0.257 e. The Morgan fingerprint density at radius 3 is 2.61 bits per heavy atom. The van der Waals surface area contributed by atoms with Gasteiger partial charge in [0.15, 0.2) is 0 Å². The number of methoxy groups -OCH3 is 1. The number of rotatable bonds is 3. The molecule has 0 aromatic heterocycles. The van der Waals surface area contributed by atoms with Gasteiger partial charge in [-0.3, -0.25) is 9.69 Å². The number of hydrogen-bond acceptors (Lipinski definition) is 4. The van der Waals surface area contributed by atoms with Crippen LogP contribution in [0.15, 0.2) is 18.2 Å². The molecule has 1 saturated carbocycles. The van der Waals surface area contributed by atoms with Gasteiger partial charge in [-0.15, -0.1) is 0 Å². The first-order chi connectivity index (χ1) is 11.1. The Hall–Kier alpha value is -1.30. The van der Waals surface area contributed by atoms with Gasteiger partial charge in [-0.25, -0.2) is 0 Å². The minimum absolute atomic E-state index is 0.0454. The van der Waals surface area contributed by atoms with E-state index in [4.69, 9.17) is 16.3 Å². The van der Waals surface area contributed by atoms with Gasteiger partial charge >= 0.3 is 0 Å². The van der Waals surface area contributed by atoms with Crippen LogP contribution >= 0.6 is 11.6 Å². The first kappa shape index (κ1) is 16.6. The van der Waals surface area contributed by atoms with Crippen LogP contribution in [0.3, 0.4) is 0 Å². The van der Waals surface area contributed by atoms with E-state index in [0.717, 1.165) is 32.4 Å². The van der Waals surface area contributed by atoms with Gasteiger partial charge in [0.1, 0.15) is 5.75 Å². The molecule has 1 aliphatic carbocycles. The fourth-order valence-corrected chi connectivity index (χ4v) is 3.79. The predicted octanol–water partition coefficient (Wildman–Crippen LogP) is 2.02. The van der Waals surface area contributed by atoms with Crippen LogP contribution in [0.2, 0.25) is 5.02 Å². The van der Waals surface area contributed by atoms with Gasteiger partial charge in [-0.2, -0.15) is 0 Å². The van der Waals surface area contributed by atoms with E-state index in [2.05, 4.69) is 4.90 Å². The molecule has 0 unspecified atom stereocenters. The standard InChI is InChI=1S/C17H23ClN2O3/c1-23-16-6-5-12(18)11-13(16)17(22)20-9-7-19(8-10-20)14-3-2-4-15(14)21/h5-6,11,14-15,21H,2-4,7-10H2,1H3/t14-,15-/m0/s1. The lowest BCUT2D eigenvalue weighted by Crippen LogP contribution is -2.53. The van der Waals surface area contributed by atoms with Crippen molar-refractivity contribution in [3.63, 3.8) is 0 Å². The summed E-state index contributed by atoms with van der Waals surface area (Å²) in [7, 11) is 1.55. The van der Waals surface area contributed by atoms with Crippen molar-refractivity contribution in [3.05, 3.63) is 28.8 Å². The number of halogens is 1. The van der Waals surface area contributed by atoms with Crippen molar-refractivity contribution in [1.29, 1.82) is 0 Å². The molecular weight excluding hydrogens is 316 g/mol. The number of amides is 1. The molecule has 3 rings (SSSR count). The Kier molecular flexibility index (Phi) is 5.09. The molecule has 2 aliphatic rings. The Morgan fingerprint density at radius 1 is 1.26 bits per heavy atom. The van der Waals surface area contributed by atoms with Gasteiger partial charge in [0.2, 0.25) is 0 Å². The molecule has 23 heavy (non-hydrogen) atoms. The fraction of sp³-hybridized carbons (Fsp3) is 0.588. The zero-order valence-corrected chi connectivity index (χ0v) is 14.1. The molecule has 1 aliphatic heterocycles. The van der Waals surface area contributed by atoms with Gasteiger partial charge in [0, 0.05) is 37.2 Å². The Bertz CT molecular complexity index is 573. The molecule has 1 heterocycles. The third-order valence-corrected chi connectivity index (χ3v) is 5.14. The van der Waals surface area contributed by atoms with E-state index in [0.29, 0.717) is 29.4 Å². The van der Waals surface area contributed by atoms with E-state index >= 15 is 0 Å². The van der Waals surface area contributed by atoms with E-state index in [1.165, 1.54) is 0 Å². The van der Waals surface area contributed by atoms with Gasteiger partial charge in [-0.1, -0.05) is 11.6 Å². The quantitative estimate of drug-likeness (QED) is 0.916. The number of piperazine rings is 1.